The summed E-state index contributed by atoms with van der Waals surface area (Å²) in [5.74, 6) is -0.165. The van der Waals surface area contributed by atoms with Crippen molar-refractivity contribution in [1.29, 1.82) is 0 Å². The van der Waals surface area contributed by atoms with Crippen LogP contribution >= 0.6 is 0 Å². The lowest BCUT2D eigenvalue weighted by Crippen LogP contribution is -2.12. The normalized spacial score (nSPS) is 10.1. The molecular formula is C19H17N3O. The number of aromatic nitrogens is 1. The van der Waals surface area contributed by atoms with Crippen LogP contribution in [0.2, 0.25) is 0 Å². The average molecular weight is 303 g/mol. The number of carbonyl (C=O) groups excluding carboxylic acids is 1. The maximum Gasteiger partial charge on any atom is 0.257 e. The van der Waals surface area contributed by atoms with Crippen molar-refractivity contribution >= 4 is 23.0 Å². The van der Waals surface area contributed by atoms with E-state index in [1.807, 2.05) is 49.5 Å². The minimum atomic E-state index is -0.165. The van der Waals surface area contributed by atoms with E-state index in [0.717, 1.165) is 17.1 Å². The van der Waals surface area contributed by atoms with E-state index in [0.29, 0.717) is 5.56 Å². The summed E-state index contributed by atoms with van der Waals surface area (Å²) < 4.78 is 0. The van der Waals surface area contributed by atoms with Crippen LogP contribution in [0, 0.1) is 0 Å². The highest BCUT2D eigenvalue weighted by Gasteiger charge is 2.07. The molecule has 0 bridgehead atoms. The molecule has 0 atom stereocenters. The Kier molecular flexibility index (Phi) is 4.34. The zero-order chi connectivity index (χ0) is 16.1. The van der Waals surface area contributed by atoms with E-state index in [-0.39, 0.29) is 5.91 Å². The number of nitrogens with one attached hydrogen (secondary N) is 1. The Balaban J connectivity index is 1.71. The third-order valence-electron chi connectivity index (χ3n) is 3.58. The molecule has 0 unspecified atom stereocenters. The van der Waals surface area contributed by atoms with E-state index in [1.54, 1.807) is 24.5 Å². The lowest BCUT2D eigenvalue weighted by Gasteiger charge is -2.19. The summed E-state index contributed by atoms with van der Waals surface area (Å²) in [6, 6.07) is 21.3. The Morgan fingerprint density at radius 1 is 0.913 bits per heavy atom. The van der Waals surface area contributed by atoms with E-state index < -0.39 is 0 Å². The molecule has 0 saturated heterocycles. The molecular weight excluding hydrogens is 286 g/mol. The van der Waals surface area contributed by atoms with Crippen LogP contribution in [-0.4, -0.2) is 17.9 Å². The topological polar surface area (TPSA) is 45.2 Å². The predicted octanol–water partition coefficient (Wildman–Crippen LogP) is 4.10. The molecule has 0 aliphatic heterocycles. The Bertz CT molecular complexity index is 771. The molecule has 0 saturated carbocycles. The van der Waals surface area contributed by atoms with Gasteiger partial charge in [-0.25, -0.2) is 0 Å². The fourth-order valence-electron chi connectivity index (χ4n) is 2.27. The molecule has 4 nitrogen and oxygen atoms in total. The first kappa shape index (κ1) is 14.8. The smallest absolute Gasteiger partial charge is 0.257 e. The molecule has 2 aromatic carbocycles. The predicted molar refractivity (Wildman–Crippen MR) is 93.1 cm³/mol. The van der Waals surface area contributed by atoms with Gasteiger partial charge in [-0.1, -0.05) is 18.2 Å². The van der Waals surface area contributed by atoms with E-state index >= 15 is 0 Å². The van der Waals surface area contributed by atoms with Gasteiger partial charge in [-0.05, 0) is 48.5 Å². The van der Waals surface area contributed by atoms with Crippen LogP contribution < -0.4 is 10.2 Å². The lowest BCUT2D eigenvalue weighted by atomic mass is 10.2. The van der Waals surface area contributed by atoms with Crippen LogP contribution in [0.3, 0.4) is 0 Å². The molecule has 3 aromatic rings. The molecule has 0 fully saturated rings. The van der Waals surface area contributed by atoms with Gasteiger partial charge >= 0.3 is 0 Å². The van der Waals surface area contributed by atoms with Gasteiger partial charge in [0.25, 0.3) is 5.91 Å². The number of hydrogen-bond donors (Lipinski definition) is 1. The third-order valence-corrected chi connectivity index (χ3v) is 3.58. The van der Waals surface area contributed by atoms with Gasteiger partial charge < -0.3 is 10.2 Å². The number of nitrogens with zero attached hydrogens (tertiary/aromatic N) is 2. The van der Waals surface area contributed by atoms with Crippen molar-refractivity contribution in [2.45, 2.75) is 0 Å². The molecule has 1 N–H and O–H groups in total. The van der Waals surface area contributed by atoms with Crippen LogP contribution in [0.4, 0.5) is 17.1 Å². The lowest BCUT2D eigenvalue weighted by molar-refractivity contribution is 0.102. The number of carbonyl (C=O) groups is 1. The molecule has 1 heterocycles. The SMILES string of the molecule is CN(c1ccccc1)c1ccc(NC(=O)c2cccnc2)cc1. The largest absolute Gasteiger partial charge is 0.345 e. The van der Waals surface area contributed by atoms with Crippen LogP contribution in [-0.2, 0) is 0 Å². The van der Waals surface area contributed by atoms with Gasteiger partial charge in [0.15, 0.2) is 0 Å². The van der Waals surface area contributed by atoms with E-state index in [2.05, 4.69) is 27.3 Å². The van der Waals surface area contributed by atoms with Crippen molar-refractivity contribution in [3.8, 4) is 0 Å². The number of hydrogen-bond acceptors (Lipinski definition) is 3. The summed E-state index contributed by atoms with van der Waals surface area (Å²) in [7, 11) is 2.01. The fourth-order valence-corrected chi connectivity index (χ4v) is 2.27. The van der Waals surface area contributed by atoms with Crippen molar-refractivity contribution in [3.05, 3.63) is 84.7 Å². The number of rotatable bonds is 4. The minimum Gasteiger partial charge on any atom is -0.345 e. The molecule has 0 radical (unpaired) electrons. The molecule has 3 rings (SSSR count). The van der Waals surface area contributed by atoms with E-state index in [4.69, 9.17) is 0 Å². The number of para-hydroxylation sites is 1. The zero-order valence-corrected chi connectivity index (χ0v) is 12.8. The first-order chi connectivity index (χ1) is 11.2. The van der Waals surface area contributed by atoms with Crippen molar-refractivity contribution in [3.63, 3.8) is 0 Å². The van der Waals surface area contributed by atoms with Crippen LogP contribution in [0.1, 0.15) is 10.4 Å². The number of benzene rings is 2. The summed E-state index contributed by atoms with van der Waals surface area (Å²) in [5.41, 5.74) is 3.46. The molecule has 0 spiro atoms. The molecule has 23 heavy (non-hydrogen) atoms. The number of anilines is 3. The average Bonchev–Trinajstić information content (AvgIpc) is 2.63. The van der Waals surface area contributed by atoms with Crippen molar-refractivity contribution in [1.82, 2.24) is 4.98 Å². The van der Waals surface area contributed by atoms with Gasteiger partial charge in [0.2, 0.25) is 0 Å². The molecule has 1 aromatic heterocycles. The third kappa shape index (κ3) is 3.55. The summed E-state index contributed by atoms with van der Waals surface area (Å²) in [4.78, 5) is 18.1. The Morgan fingerprint density at radius 3 is 2.26 bits per heavy atom. The maximum absolute atomic E-state index is 12.1. The summed E-state index contributed by atoms with van der Waals surface area (Å²) >= 11 is 0. The quantitative estimate of drug-likeness (QED) is 0.789. The Labute approximate surface area is 135 Å². The van der Waals surface area contributed by atoms with Gasteiger partial charge in [0, 0.05) is 36.5 Å². The van der Waals surface area contributed by atoms with Crippen LogP contribution in [0.15, 0.2) is 79.1 Å². The monoisotopic (exact) mass is 303 g/mol. The summed E-state index contributed by atoms with van der Waals surface area (Å²) in [5, 5.41) is 2.87. The highest BCUT2D eigenvalue weighted by Crippen LogP contribution is 2.24. The van der Waals surface area contributed by atoms with Gasteiger partial charge in [0.1, 0.15) is 0 Å². The molecule has 1 amide bonds. The van der Waals surface area contributed by atoms with E-state index in [9.17, 15) is 4.79 Å². The molecule has 4 heteroatoms. The molecule has 0 aliphatic rings. The van der Waals surface area contributed by atoms with Gasteiger partial charge in [-0.2, -0.15) is 0 Å². The van der Waals surface area contributed by atoms with Crippen LogP contribution in [0.25, 0.3) is 0 Å². The standard InChI is InChI=1S/C19H17N3O/c1-22(17-7-3-2-4-8-17)18-11-9-16(10-12-18)21-19(23)15-6-5-13-20-14-15/h2-14H,1H3,(H,21,23). The van der Waals surface area contributed by atoms with Crippen molar-refractivity contribution < 1.29 is 4.79 Å². The molecule has 0 aliphatic carbocycles. The first-order valence-corrected chi connectivity index (χ1v) is 7.34. The second-order valence-electron chi connectivity index (χ2n) is 5.14. The summed E-state index contributed by atoms with van der Waals surface area (Å²) in [6.07, 6.45) is 3.19. The van der Waals surface area contributed by atoms with Crippen LogP contribution in [0.5, 0.6) is 0 Å². The highest BCUT2D eigenvalue weighted by molar-refractivity contribution is 6.04. The van der Waals surface area contributed by atoms with Gasteiger partial charge in [0.05, 0.1) is 5.56 Å². The highest BCUT2D eigenvalue weighted by atomic mass is 16.1. The van der Waals surface area contributed by atoms with E-state index in [1.165, 1.54) is 0 Å². The van der Waals surface area contributed by atoms with Crippen molar-refractivity contribution in [2.24, 2.45) is 0 Å². The molecule has 114 valence electrons. The minimum absolute atomic E-state index is 0.165. The summed E-state index contributed by atoms with van der Waals surface area (Å²) in [6.45, 7) is 0. The zero-order valence-electron chi connectivity index (χ0n) is 12.8. The number of pyridine rings is 1. The maximum atomic E-state index is 12.1. The second kappa shape index (κ2) is 6.75. The Hall–Kier alpha value is -3.14. The second-order valence-corrected chi connectivity index (χ2v) is 5.14. The first-order valence-electron chi connectivity index (χ1n) is 7.34. The fraction of sp³-hybridized carbons (Fsp3) is 0.0526. The van der Waals surface area contributed by atoms with Crippen molar-refractivity contribution in [2.75, 3.05) is 17.3 Å². The van der Waals surface area contributed by atoms with Gasteiger partial charge in [-0.3, -0.25) is 9.78 Å². The van der Waals surface area contributed by atoms with Gasteiger partial charge in [-0.15, -0.1) is 0 Å². The Morgan fingerprint density at radius 2 is 1.61 bits per heavy atom. The number of amides is 1.